The van der Waals surface area contributed by atoms with Crippen LogP contribution in [0.4, 0.5) is 0 Å². The van der Waals surface area contributed by atoms with Crippen molar-refractivity contribution in [1.82, 2.24) is 0 Å². The van der Waals surface area contributed by atoms with Gasteiger partial charge in [0.15, 0.2) is 0 Å². The van der Waals surface area contributed by atoms with Crippen LogP contribution >= 0.6 is 11.6 Å². The Balaban J connectivity index is 0.000000461. The van der Waals surface area contributed by atoms with E-state index in [0.29, 0.717) is 5.02 Å². The van der Waals surface area contributed by atoms with Gasteiger partial charge in [-0.2, -0.15) is 0 Å². The van der Waals surface area contributed by atoms with Gasteiger partial charge in [-0.3, -0.25) is 0 Å². The molecule has 0 spiro atoms. The molecular weight excluding hydrogens is 160 g/mol. The third-order valence-electron chi connectivity index (χ3n) is 1.10. The second kappa shape index (κ2) is 5.03. The first kappa shape index (κ1) is 10.3. The summed E-state index contributed by atoms with van der Waals surface area (Å²) in [5.74, 6) is 0.141. The fourth-order valence-corrected chi connectivity index (χ4v) is 0.847. The third-order valence-corrected chi connectivity index (χ3v) is 1.41. The molecule has 0 radical (unpaired) electrons. The summed E-state index contributed by atoms with van der Waals surface area (Å²) >= 11 is 5.56. The second-order valence-electron chi connectivity index (χ2n) is 1.95. The monoisotopic (exact) mass is 172 g/mol. The zero-order valence-electron chi connectivity index (χ0n) is 7.06. The Morgan fingerprint density at radius 1 is 1.27 bits per heavy atom. The molecule has 0 atom stereocenters. The minimum atomic E-state index is 0.141. The van der Waals surface area contributed by atoms with Crippen molar-refractivity contribution in [3.05, 3.63) is 28.8 Å². The predicted molar refractivity (Wildman–Crippen MR) is 49.2 cm³/mol. The van der Waals surface area contributed by atoms with Crippen LogP contribution in [0.2, 0.25) is 5.02 Å². The van der Waals surface area contributed by atoms with E-state index < -0.39 is 0 Å². The highest BCUT2D eigenvalue weighted by Crippen LogP contribution is 2.22. The van der Waals surface area contributed by atoms with Crippen LogP contribution in [0.3, 0.4) is 0 Å². The molecule has 0 heterocycles. The minimum Gasteiger partial charge on any atom is -0.506 e. The summed E-state index contributed by atoms with van der Waals surface area (Å²) in [6.45, 7) is 5.92. The molecule has 1 N–H and O–H groups in total. The van der Waals surface area contributed by atoms with E-state index in [1.165, 1.54) is 0 Å². The van der Waals surface area contributed by atoms with E-state index >= 15 is 0 Å². The molecule has 0 bridgehead atoms. The smallest absolute Gasteiger partial charge is 0.134 e. The van der Waals surface area contributed by atoms with Crippen molar-refractivity contribution in [1.29, 1.82) is 0 Å². The minimum absolute atomic E-state index is 0.141. The molecule has 0 saturated heterocycles. The van der Waals surface area contributed by atoms with Gasteiger partial charge in [-0.25, -0.2) is 0 Å². The lowest BCUT2D eigenvalue weighted by Gasteiger charge is -1.95. The molecule has 0 amide bonds. The summed E-state index contributed by atoms with van der Waals surface area (Å²) in [4.78, 5) is 0. The zero-order chi connectivity index (χ0) is 8.85. The molecule has 0 aliphatic rings. The van der Waals surface area contributed by atoms with Gasteiger partial charge in [-0.15, -0.1) is 0 Å². The lowest BCUT2D eigenvalue weighted by Crippen LogP contribution is -1.70. The Kier molecular flexibility index (Phi) is 4.71. The zero-order valence-corrected chi connectivity index (χ0v) is 7.81. The highest BCUT2D eigenvalue weighted by molar-refractivity contribution is 6.32. The fourth-order valence-electron chi connectivity index (χ4n) is 0.612. The quantitative estimate of drug-likeness (QED) is 0.636. The Labute approximate surface area is 72.6 Å². The van der Waals surface area contributed by atoms with Gasteiger partial charge in [-0.05, 0) is 24.6 Å². The van der Waals surface area contributed by atoms with Crippen LogP contribution in [0.5, 0.6) is 5.75 Å². The fraction of sp³-hybridized carbons (Fsp3) is 0.333. The number of benzene rings is 1. The normalized spacial score (nSPS) is 8.36. The van der Waals surface area contributed by atoms with Gasteiger partial charge in [0.25, 0.3) is 0 Å². The molecule has 0 aromatic heterocycles. The molecule has 11 heavy (non-hydrogen) atoms. The number of hydrogen-bond acceptors (Lipinski definition) is 1. The Morgan fingerprint density at radius 3 is 2.18 bits per heavy atom. The molecule has 62 valence electrons. The van der Waals surface area contributed by atoms with E-state index in [4.69, 9.17) is 16.7 Å². The molecule has 1 aromatic rings. The summed E-state index contributed by atoms with van der Waals surface area (Å²) in [5.41, 5.74) is 1.05. The highest BCUT2D eigenvalue weighted by atomic mass is 35.5. The van der Waals surface area contributed by atoms with Crippen LogP contribution in [0, 0.1) is 6.92 Å². The second-order valence-corrected chi connectivity index (χ2v) is 2.36. The van der Waals surface area contributed by atoms with Crippen LogP contribution in [0.15, 0.2) is 18.2 Å². The summed E-state index contributed by atoms with van der Waals surface area (Å²) in [7, 11) is 0. The molecule has 0 aliphatic heterocycles. The van der Waals surface area contributed by atoms with E-state index in [0.717, 1.165) is 5.56 Å². The molecule has 2 heteroatoms. The summed E-state index contributed by atoms with van der Waals surface area (Å²) < 4.78 is 0. The number of aromatic hydroxyl groups is 1. The van der Waals surface area contributed by atoms with Crippen LogP contribution < -0.4 is 0 Å². The first-order valence-corrected chi connectivity index (χ1v) is 4.03. The lowest BCUT2D eigenvalue weighted by molar-refractivity contribution is 0.475. The predicted octanol–water partition coefficient (Wildman–Crippen LogP) is 3.38. The maximum Gasteiger partial charge on any atom is 0.134 e. The van der Waals surface area contributed by atoms with Gasteiger partial charge >= 0.3 is 0 Å². The van der Waals surface area contributed by atoms with E-state index in [1.807, 2.05) is 20.8 Å². The molecule has 0 aliphatic carbocycles. The summed E-state index contributed by atoms with van der Waals surface area (Å²) in [6.07, 6.45) is 0. The first-order valence-electron chi connectivity index (χ1n) is 3.65. The Bertz CT molecular complexity index is 221. The first-order chi connectivity index (χ1) is 5.20. The maximum absolute atomic E-state index is 8.91. The highest BCUT2D eigenvalue weighted by Gasteiger charge is 1.94. The summed E-state index contributed by atoms with van der Waals surface area (Å²) in [6, 6.07) is 5.11. The maximum atomic E-state index is 8.91. The third kappa shape index (κ3) is 3.28. The number of rotatable bonds is 0. The average molecular weight is 173 g/mol. The molecule has 0 unspecified atom stereocenters. The molecule has 0 saturated carbocycles. The van der Waals surface area contributed by atoms with Crippen molar-refractivity contribution in [3.63, 3.8) is 0 Å². The van der Waals surface area contributed by atoms with Crippen LogP contribution in [-0.2, 0) is 0 Å². The molecule has 0 fully saturated rings. The van der Waals surface area contributed by atoms with E-state index in [2.05, 4.69) is 0 Å². The van der Waals surface area contributed by atoms with Gasteiger partial charge in [0, 0.05) is 0 Å². The van der Waals surface area contributed by atoms with Gasteiger partial charge in [0.05, 0.1) is 5.02 Å². The molecule has 1 aromatic carbocycles. The molecule has 1 nitrogen and oxygen atoms in total. The van der Waals surface area contributed by atoms with Gasteiger partial charge in [0.2, 0.25) is 0 Å². The Morgan fingerprint density at radius 2 is 1.82 bits per heavy atom. The Hall–Kier alpha value is -0.690. The average Bonchev–Trinajstić information content (AvgIpc) is 2.02. The number of phenolic OH excluding ortho intramolecular Hbond substituents is 1. The molecular formula is C9H13ClO. The molecule has 1 rings (SSSR count). The van der Waals surface area contributed by atoms with Gasteiger partial charge in [0.1, 0.15) is 5.75 Å². The van der Waals surface area contributed by atoms with E-state index in [9.17, 15) is 0 Å². The van der Waals surface area contributed by atoms with Crippen LogP contribution in [0.25, 0.3) is 0 Å². The number of halogens is 1. The van der Waals surface area contributed by atoms with E-state index in [1.54, 1.807) is 18.2 Å². The van der Waals surface area contributed by atoms with Crippen molar-refractivity contribution >= 4 is 11.6 Å². The van der Waals surface area contributed by atoms with Crippen LogP contribution in [0.1, 0.15) is 19.4 Å². The number of aryl methyl sites for hydroxylation is 1. The SMILES string of the molecule is CC.Cc1ccc(O)c(Cl)c1. The van der Waals surface area contributed by atoms with Crippen molar-refractivity contribution < 1.29 is 5.11 Å². The number of hydrogen-bond donors (Lipinski definition) is 1. The largest absolute Gasteiger partial charge is 0.506 e. The standard InChI is InChI=1S/C7H7ClO.C2H6/c1-5-2-3-7(9)6(8)4-5;1-2/h2-4,9H,1H3;1-2H3. The van der Waals surface area contributed by atoms with Crippen LogP contribution in [-0.4, -0.2) is 5.11 Å². The van der Waals surface area contributed by atoms with Gasteiger partial charge in [-0.1, -0.05) is 31.5 Å². The summed E-state index contributed by atoms with van der Waals surface area (Å²) in [5, 5.41) is 9.32. The number of phenols is 1. The van der Waals surface area contributed by atoms with Crippen molar-refractivity contribution in [2.75, 3.05) is 0 Å². The lowest BCUT2D eigenvalue weighted by atomic mass is 10.2. The van der Waals surface area contributed by atoms with Crippen molar-refractivity contribution in [2.24, 2.45) is 0 Å². The topological polar surface area (TPSA) is 20.2 Å². The van der Waals surface area contributed by atoms with Gasteiger partial charge < -0.3 is 5.11 Å². The van der Waals surface area contributed by atoms with Crippen molar-refractivity contribution in [3.8, 4) is 5.75 Å². The van der Waals surface area contributed by atoms with E-state index in [-0.39, 0.29) is 5.75 Å². The van der Waals surface area contributed by atoms with Crippen molar-refractivity contribution in [2.45, 2.75) is 20.8 Å².